The summed E-state index contributed by atoms with van der Waals surface area (Å²) in [6, 6.07) is 6.08. The van der Waals surface area contributed by atoms with Crippen LogP contribution in [-0.4, -0.2) is 60.1 Å². The van der Waals surface area contributed by atoms with Crippen LogP contribution in [0.3, 0.4) is 0 Å². The van der Waals surface area contributed by atoms with Crippen LogP contribution in [0.25, 0.3) is 0 Å². The molecule has 0 bridgehead atoms. The number of rotatable bonds is 4. The zero-order valence-corrected chi connectivity index (χ0v) is 12.0. The minimum Gasteiger partial charge on any atom is -0.387 e. The first-order chi connectivity index (χ1) is 9.38. The van der Waals surface area contributed by atoms with Crippen molar-refractivity contribution in [2.75, 3.05) is 33.7 Å². The summed E-state index contributed by atoms with van der Waals surface area (Å²) in [4.78, 5) is 15.8. The third kappa shape index (κ3) is 3.77. The molecule has 0 aromatic heterocycles. The van der Waals surface area contributed by atoms with Crippen molar-refractivity contribution in [3.63, 3.8) is 0 Å². The average molecular weight is 280 g/mol. The molecule has 1 aliphatic heterocycles. The lowest BCUT2D eigenvalue weighted by molar-refractivity contribution is -0.130. The number of carbonyl (C=O) groups excluding carboxylic acids is 1. The van der Waals surface area contributed by atoms with E-state index < -0.39 is 5.60 Å². The predicted octanol–water partition coefficient (Wildman–Crippen LogP) is 0.893. The Bertz CT molecular complexity index is 493. The van der Waals surface area contributed by atoms with Gasteiger partial charge in [0.05, 0.1) is 18.6 Å². The Balaban J connectivity index is 1.95. The first-order valence-corrected chi connectivity index (χ1v) is 6.77. The number of β-amino-alcohol motifs (C(OH)–C–C–N with tert-alkyl or cyclic N) is 1. The van der Waals surface area contributed by atoms with Gasteiger partial charge in [-0.2, -0.15) is 0 Å². The molecule has 1 aromatic carbocycles. The van der Waals surface area contributed by atoms with Crippen LogP contribution in [0.2, 0.25) is 0 Å². The van der Waals surface area contributed by atoms with Gasteiger partial charge in [0, 0.05) is 13.1 Å². The van der Waals surface area contributed by atoms with Crippen molar-refractivity contribution in [3.05, 3.63) is 35.6 Å². The van der Waals surface area contributed by atoms with Gasteiger partial charge in [0.25, 0.3) is 0 Å². The van der Waals surface area contributed by atoms with Gasteiger partial charge in [-0.3, -0.25) is 4.79 Å². The molecule has 5 heteroatoms. The molecule has 0 aliphatic carbocycles. The molecular weight excluding hydrogens is 259 g/mol. The highest BCUT2D eigenvalue weighted by molar-refractivity contribution is 5.79. The molecule has 0 saturated carbocycles. The summed E-state index contributed by atoms with van der Waals surface area (Å²) in [6.07, 6.45) is 0.760. The lowest BCUT2D eigenvalue weighted by Gasteiger charge is -2.26. The number of halogens is 1. The van der Waals surface area contributed by atoms with Crippen molar-refractivity contribution in [1.82, 2.24) is 9.80 Å². The molecule has 0 spiro atoms. The van der Waals surface area contributed by atoms with E-state index in [1.807, 2.05) is 19.0 Å². The van der Waals surface area contributed by atoms with Crippen LogP contribution in [0.5, 0.6) is 0 Å². The molecule has 2 rings (SSSR count). The molecule has 1 aliphatic rings. The molecule has 1 atom stereocenters. The van der Waals surface area contributed by atoms with Crippen molar-refractivity contribution in [2.45, 2.75) is 18.4 Å². The summed E-state index contributed by atoms with van der Waals surface area (Å²) < 4.78 is 13.1. The van der Waals surface area contributed by atoms with Crippen LogP contribution in [0.1, 0.15) is 12.0 Å². The molecule has 1 amide bonds. The quantitative estimate of drug-likeness (QED) is 0.891. The minimum absolute atomic E-state index is 0.0646. The van der Waals surface area contributed by atoms with E-state index in [-0.39, 0.29) is 18.1 Å². The fourth-order valence-electron chi connectivity index (χ4n) is 2.72. The van der Waals surface area contributed by atoms with E-state index in [9.17, 15) is 14.3 Å². The van der Waals surface area contributed by atoms with Crippen molar-refractivity contribution in [2.24, 2.45) is 0 Å². The second-order valence-corrected chi connectivity index (χ2v) is 5.83. The van der Waals surface area contributed by atoms with E-state index in [2.05, 4.69) is 0 Å². The van der Waals surface area contributed by atoms with Crippen molar-refractivity contribution in [3.8, 4) is 0 Å². The van der Waals surface area contributed by atoms with Crippen LogP contribution in [0, 0.1) is 5.82 Å². The third-order valence-corrected chi connectivity index (χ3v) is 3.54. The van der Waals surface area contributed by atoms with Crippen LogP contribution in [-0.2, 0) is 11.2 Å². The van der Waals surface area contributed by atoms with Gasteiger partial charge in [0.15, 0.2) is 0 Å². The maximum atomic E-state index is 13.1. The summed E-state index contributed by atoms with van der Waals surface area (Å²) in [6.45, 7) is 1.44. The minimum atomic E-state index is -0.832. The number of likely N-dealkylation sites (N-methyl/N-ethyl adjacent to an activating group) is 1. The molecule has 1 N–H and O–H groups in total. The molecule has 0 radical (unpaired) electrons. The number of carbonyl (C=O) groups is 1. The average Bonchev–Trinajstić information content (AvgIpc) is 2.70. The summed E-state index contributed by atoms with van der Waals surface area (Å²) in [5, 5.41) is 10.4. The maximum absolute atomic E-state index is 13.1. The molecule has 1 unspecified atom stereocenters. The zero-order chi connectivity index (χ0) is 14.8. The van der Waals surface area contributed by atoms with E-state index in [0.29, 0.717) is 31.6 Å². The first-order valence-electron chi connectivity index (χ1n) is 6.77. The van der Waals surface area contributed by atoms with Gasteiger partial charge in [0.2, 0.25) is 5.91 Å². The van der Waals surface area contributed by atoms with Gasteiger partial charge in [-0.15, -0.1) is 0 Å². The first kappa shape index (κ1) is 14.9. The van der Waals surface area contributed by atoms with Crippen LogP contribution < -0.4 is 0 Å². The van der Waals surface area contributed by atoms with E-state index in [0.717, 1.165) is 0 Å². The summed E-state index contributed by atoms with van der Waals surface area (Å²) in [7, 11) is 3.80. The number of nitrogens with zero attached hydrogens (tertiary/aromatic N) is 2. The van der Waals surface area contributed by atoms with Crippen LogP contribution in [0.15, 0.2) is 24.3 Å². The second kappa shape index (κ2) is 5.89. The normalized spacial score (nSPS) is 22.6. The van der Waals surface area contributed by atoms with Gasteiger partial charge in [-0.05, 0) is 38.2 Å². The van der Waals surface area contributed by atoms with E-state index in [1.165, 1.54) is 12.1 Å². The standard InChI is InChI=1S/C15H21FN2O2/c1-17(2)10-15(20)6-7-18(11-15)14(19)9-12-4-3-5-13(16)8-12/h3-5,8,20H,6-7,9-11H2,1-2H3. The molecule has 1 heterocycles. The maximum Gasteiger partial charge on any atom is 0.227 e. The van der Waals surface area contributed by atoms with Crippen molar-refractivity contribution in [1.29, 1.82) is 0 Å². The Labute approximate surface area is 118 Å². The number of hydrogen-bond acceptors (Lipinski definition) is 3. The summed E-state index contributed by atoms with van der Waals surface area (Å²) >= 11 is 0. The highest BCUT2D eigenvalue weighted by Crippen LogP contribution is 2.22. The molecular formula is C15H21FN2O2. The Morgan fingerprint density at radius 2 is 2.25 bits per heavy atom. The SMILES string of the molecule is CN(C)CC1(O)CCN(C(=O)Cc2cccc(F)c2)C1. The fraction of sp³-hybridized carbons (Fsp3) is 0.533. The topological polar surface area (TPSA) is 43.8 Å². The highest BCUT2D eigenvalue weighted by atomic mass is 19.1. The Kier molecular flexibility index (Phi) is 4.40. The summed E-state index contributed by atoms with van der Waals surface area (Å²) in [5.74, 6) is -0.397. The number of hydrogen-bond donors (Lipinski definition) is 1. The fourth-order valence-corrected chi connectivity index (χ4v) is 2.72. The number of amides is 1. The molecule has 110 valence electrons. The molecule has 1 saturated heterocycles. The Morgan fingerprint density at radius 3 is 2.90 bits per heavy atom. The zero-order valence-electron chi connectivity index (χ0n) is 12.0. The molecule has 20 heavy (non-hydrogen) atoms. The highest BCUT2D eigenvalue weighted by Gasteiger charge is 2.38. The third-order valence-electron chi connectivity index (χ3n) is 3.54. The largest absolute Gasteiger partial charge is 0.387 e. The van der Waals surface area contributed by atoms with E-state index in [1.54, 1.807) is 17.0 Å². The molecule has 1 fully saturated rings. The van der Waals surface area contributed by atoms with Gasteiger partial charge in [0.1, 0.15) is 5.82 Å². The van der Waals surface area contributed by atoms with Gasteiger partial charge >= 0.3 is 0 Å². The number of likely N-dealkylation sites (tertiary alicyclic amines) is 1. The Hall–Kier alpha value is -1.46. The van der Waals surface area contributed by atoms with E-state index in [4.69, 9.17) is 0 Å². The smallest absolute Gasteiger partial charge is 0.227 e. The van der Waals surface area contributed by atoms with Crippen LogP contribution in [0.4, 0.5) is 4.39 Å². The van der Waals surface area contributed by atoms with Gasteiger partial charge < -0.3 is 14.9 Å². The second-order valence-electron chi connectivity index (χ2n) is 5.83. The van der Waals surface area contributed by atoms with Crippen LogP contribution >= 0.6 is 0 Å². The molecule has 1 aromatic rings. The predicted molar refractivity (Wildman–Crippen MR) is 74.8 cm³/mol. The molecule has 4 nitrogen and oxygen atoms in total. The van der Waals surface area contributed by atoms with Crippen molar-refractivity contribution < 1.29 is 14.3 Å². The number of aliphatic hydroxyl groups is 1. The van der Waals surface area contributed by atoms with Crippen molar-refractivity contribution >= 4 is 5.91 Å². The lowest BCUT2D eigenvalue weighted by atomic mass is 10.0. The van der Waals surface area contributed by atoms with Gasteiger partial charge in [-0.25, -0.2) is 4.39 Å². The summed E-state index contributed by atoms with van der Waals surface area (Å²) in [5.41, 5.74) is -0.167. The number of benzene rings is 1. The van der Waals surface area contributed by atoms with Gasteiger partial charge in [-0.1, -0.05) is 12.1 Å². The monoisotopic (exact) mass is 280 g/mol. The van der Waals surface area contributed by atoms with E-state index >= 15 is 0 Å². The Morgan fingerprint density at radius 1 is 1.50 bits per heavy atom. The lowest BCUT2D eigenvalue weighted by Crippen LogP contribution is -2.43.